The SMILES string of the molecule is Cc1cc(C(=O)O)nc(N2CCC(C)(C)CC2)n1. The van der Waals surface area contributed by atoms with E-state index in [0.29, 0.717) is 17.1 Å². The molecule has 1 aliphatic rings. The van der Waals surface area contributed by atoms with Gasteiger partial charge in [-0.1, -0.05) is 13.8 Å². The van der Waals surface area contributed by atoms with Crippen molar-refractivity contribution < 1.29 is 9.90 Å². The van der Waals surface area contributed by atoms with Crippen LogP contribution in [-0.2, 0) is 0 Å². The van der Waals surface area contributed by atoms with Crippen LogP contribution < -0.4 is 4.90 Å². The van der Waals surface area contributed by atoms with E-state index in [1.165, 1.54) is 6.07 Å². The minimum Gasteiger partial charge on any atom is -0.477 e. The Morgan fingerprint density at radius 2 is 1.94 bits per heavy atom. The van der Waals surface area contributed by atoms with Crippen LogP contribution in [0.2, 0.25) is 0 Å². The Labute approximate surface area is 107 Å². The van der Waals surface area contributed by atoms with Gasteiger partial charge in [0.25, 0.3) is 0 Å². The second-order valence-corrected chi connectivity index (χ2v) is 5.65. The van der Waals surface area contributed by atoms with Crippen LogP contribution in [0.4, 0.5) is 5.95 Å². The van der Waals surface area contributed by atoms with Crippen molar-refractivity contribution >= 4 is 11.9 Å². The highest BCUT2D eigenvalue weighted by Gasteiger charge is 2.27. The van der Waals surface area contributed by atoms with Crippen LogP contribution in [0, 0.1) is 12.3 Å². The Balaban J connectivity index is 2.21. The summed E-state index contributed by atoms with van der Waals surface area (Å²) in [5.41, 5.74) is 1.13. The van der Waals surface area contributed by atoms with Crippen molar-refractivity contribution in [1.82, 2.24) is 9.97 Å². The van der Waals surface area contributed by atoms with Crippen molar-refractivity contribution in [3.8, 4) is 0 Å². The van der Waals surface area contributed by atoms with Crippen LogP contribution in [0.3, 0.4) is 0 Å². The lowest BCUT2D eigenvalue weighted by molar-refractivity contribution is 0.0690. The highest BCUT2D eigenvalue weighted by atomic mass is 16.4. The summed E-state index contributed by atoms with van der Waals surface area (Å²) in [6.45, 7) is 8.07. The van der Waals surface area contributed by atoms with E-state index < -0.39 is 5.97 Å². The highest BCUT2D eigenvalue weighted by Crippen LogP contribution is 2.31. The topological polar surface area (TPSA) is 66.3 Å². The lowest BCUT2D eigenvalue weighted by atomic mass is 9.83. The minimum atomic E-state index is -1.00. The first-order valence-corrected chi connectivity index (χ1v) is 6.21. The van der Waals surface area contributed by atoms with Crippen molar-refractivity contribution in [3.63, 3.8) is 0 Å². The van der Waals surface area contributed by atoms with E-state index in [2.05, 4.69) is 28.7 Å². The molecule has 1 aliphatic heterocycles. The van der Waals surface area contributed by atoms with Gasteiger partial charge in [0.1, 0.15) is 0 Å². The van der Waals surface area contributed by atoms with Gasteiger partial charge in [-0.3, -0.25) is 0 Å². The number of rotatable bonds is 2. The van der Waals surface area contributed by atoms with E-state index in [1.807, 2.05) is 0 Å². The summed E-state index contributed by atoms with van der Waals surface area (Å²) in [6, 6.07) is 1.50. The molecule has 2 rings (SSSR count). The minimum absolute atomic E-state index is 0.0716. The maximum Gasteiger partial charge on any atom is 0.354 e. The van der Waals surface area contributed by atoms with Gasteiger partial charge in [-0.15, -0.1) is 0 Å². The van der Waals surface area contributed by atoms with Gasteiger partial charge in [-0.25, -0.2) is 14.8 Å². The molecule has 0 amide bonds. The number of hydrogen-bond donors (Lipinski definition) is 1. The maximum absolute atomic E-state index is 11.0. The van der Waals surface area contributed by atoms with Gasteiger partial charge in [-0.05, 0) is 31.2 Å². The Morgan fingerprint density at radius 3 is 2.50 bits per heavy atom. The fourth-order valence-corrected chi connectivity index (χ4v) is 2.12. The molecule has 0 unspecified atom stereocenters. The van der Waals surface area contributed by atoms with E-state index in [4.69, 9.17) is 5.11 Å². The number of carboxylic acid groups (broad SMARTS) is 1. The van der Waals surface area contributed by atoms with Gasteiger partial charge in [0.15, 0.2) is 5.69 Å². The molecule has 2 heterocycles. The largest absolute Gasteiger partial charge is 0.477 e. The molecule has 1 N–H and O–H groups in total. The standard InChI is InChI=1S/C13H19N3O2/c1-9-8-10(11(17)18)15-12(14-9)16-6-4-13(2,3)5-7-16/h8H,4-7H2,1-3H3,(H,17,18). The average molecular weight is 249 g/mol. The summed E-state index contributed by atoms with van der Waals surface area (Å²) >= 11 is 0. The van der Waals surface area contributed by atoms with E-state index in [-0.39, 0.29) is 5.69 Å². The zero-order chi connectivity index (χ0) is 13.3. The second-order valence-electron chi connectivity index (χ2n) is 5.65. The third-order valence-electron chi connectivity index (χ3n) is 3.46. The fraction of sp³-hybridized carbons (Fsp3) is 0.615. The van der Waals surface area contributed by atoms with E-state index >= 15 is 0 Å². The maximum atomic E-state index is 11.0. The number of aromatic carboxylic acids is 1. The summed E-state index contributed by atoms with van der Waals surface area (Å²) < 4.78 is 0. The zero-order valence-electron chi connectivity index (χ0n) is 11.1. The normalized spacial score (nSPS) is 18.7. The lowest BCUT2D eigenvalue weighted by Gasteiger charge is -2.36. The van der Waals surface area contributed by atoms with Crippen molar-refractivity contribution in [2.24, 2.45) is 5.41 Å². The summed E-state index contributed by atoms with van der Waals surface area (Å²) in [6.07, 6.45) is 2.15. The van der Waals surface area contributed by atoms with Gasteiger partial charge in [0.2, 0.25) is 5.95 Å². The Kier molecular flexibility index (Phi) is 3.24. The predicted molar refractivity (Wildman–Crippen MR) is 69.0 cm³/mol. The Hall–Kier alpha value is -1.65. The molecule has 0 saturated carbocycles. The highest BCUT2D eigenvalue weighted by molar-refractivity contribution is 5.85. The van der Waals surface area contributed by atoms with Crippen molar-refractivity contribution in [2.75, 3.05) is 18.0 Å². The van der Waals surface area contributed by atoms with Crippen molar-refractivity contribution in [1.29, 1.82) is 0 Å². The molecule has 0 aliphatic carbocycles. The van der Waals surface area contributed by atoms with Crippen LogP contribution in [0.15, 0.2) is 6.07 Å². The molecule has 0 atom stereocenters. The predicted octanol–water partition coefficient (Wildman–Crippen LogP) is 2.11. The molecule has 0 spiro atoms. The number of anilines is 1. The van der Waals surface area contributed by atoms with Crippen LogP contribution in [0.1, 0.15) is 42.9 Å². The summed E-state index contributed by atoms with van der Waals surface area (Å²) in [4.78, 5) is 21.5. The van der Waals surface area contributed by atoms with Crippen LogP contribution in [0.5, 0.6) is 0 Å². The van der Waals surface area contributed by atoms with E-state index in [0.717, 1.165) is 25.9 Å². The van der Waals surface area contributed by atoms with Gasteiger partial charge >= 0.3 is 5.97 Å². The number of nitrogens with zero attached hydrogens (tertiary/aromatic N) is 3. The molecular formula is C13H19N3O2. The fourth-order valence-electron chi connectivity index (χ4n) is 2.12. The quantitative estimate of drug-likeness (QED) is 0.869. The summed E-state index contributed by atoms with van der Waals surface area (Å²) in [5, 5.41) is 9.01. The Bertz CT molecular complexity index is 461. The molecule has 5 nitrogen and oxygen atoms in total. The number of carbonyl (C=O) groups is 1. The monoisotopic (exact) mass is 249 g/mol. The smallest absolute Gasteiger partial charge is 0.354 e. The molecule has 98 valence electrons. The third kappa shape index (κ3) is 2.78. The molecule has 0 aromatic carbocycles. The van der Waals surface area contributed by atoms with Gasteiger partial charge in [-0.2, -0.15) is 0 Å². The third-order valence-corrected chi connectivity index (χ3v) is 3.46. The van der Waals surface area contributed by atoms with E-state index in [1.54, 1.807) is 6.92 Å². The molecule has 18 heavy (non-hydrogen) atoms. The number of piperidine rings is 1. The lowest BCUT2D eigenvalue weighted by Crippen LogP contribution is -2.38. The second kappa shape index (κ2) is 4.55. The molecule has 1 saturated heterocycles. The van der Waals surface area contributed by atoms with E-state index in [9.17, 15) is 4.79 Å². The molecule has 1 fully saturated rings. The molecule has 0 bridgehead atoms. The van der Waals surface area contributed by atoms with Gasteiger partial charge in [0.05, 0.1) is 0 Å². The molecular weight excluding hydrogens is 230 g/mol. The number of hydrogen-bond acceptors (Lipinski definition) is 4. The Morgan fingerprint density at radius 1 is 1.33 bits per heavy atom. The molecule has 5 heteroatoms. The molecule has 0 radical (unpaired) electrons. The van der Waals surface area contributed by atoms with Gasteiger partial charge < -0.3 is 10.0 Å². The number of aryl methyl sites for hydroxylation is 1. The zero-order valence-corrected chi connectivity index (χ0v) is 11.1. The summed E-state index contributed by atoms with van der Waals surface area (Å²) in [7, 11) is 0. The van der Waals surface area contributed by atoms with Crippen molar-refractivity contribution in [3.05, 3.63) is 17.5 Å². The molecule has 1 aromatic heterocycles. The first-order chi connectivity index (χ1) is 8.37. The van der Waals surface area contributed by atoms with Crippen LogP contribution >= 0.6 is 0 Å². The summed E-state index contributed by atoms with van der Waals surface area (Å²) in [5.74, 6) is -0.456. The van der Waals surface area contributed by atoms with Gasteiger partial charge in [0, 0.05) is 18.8 Å². The van der Waals surface area contributed by atoms with Crippen LogP contribution in [-0.4, -0.2) is 34.1 Å². The molecule has 1 aromatic rings. The van der Waals surface area contributed by atoms with Crippen molar-refractivity contribution in [2.45, 2.75) is 33.6 Å². The van der Waals surface area contributed by atoms with Crippen LogP contribution in [0.25, 0.3) is 0 Å². The number of carboxylic acids is 1. The first kappa shape index (κ1) is 12.8. The first-order valence-electron chi connectivity index (χ1n) is 6.21. The average Bonchev–Trinajstić information content (AvgIpc) is 2.28. The number of aromatic nitrogens is 2.